The molecule has 4 aromatic rings. The van der Waals surface area contributed by atoms with E-state index in [1.807, 2.05) is 43.3 Å². The lowest BCUT2D eigenvalue weighted by molar-refractivity contribution is 0.413. The molecule has 0 radical (unpaired) electrons. The third kappa shape index (κ3) is 2.24. The van der Waals surface area contributed by atoms with Crippen molar-refractivity contribution in [2.45, 2.75) is 25.7 Å². The van der Waals surface area contributed by atoms with E-state index in [1.165, 1.54) is 0 Å². The van der Waals surface area contributed by atoms with E-state index in [4.69, 9.17) is 13.6 Å². The molecule has 3 heterocycles. The monoisotopic (exact) mass is 360 g/mol. The summed E-state index contributed by atoms with van der Waals surface area (Å²) in [5, 5.41) is 1.44. The quantitative estimate of drug-likeness (QED) is 0.474. The smallest absolute Gasteiger partial charge is 0.343 e. The van der Waals surface area contributed by atoms with Crippen LogP contribution in [0.1, 0.15) is 36.8 Å². The first kappa shape index (κ1) is 15.9. The second-order valence-corrected chi connectivity index (χ2v) is 6.70. The Morgan fingerprint density at radius 1 is 0.778 bits per heavy atom. The molecule has 0 fully saturated rings. The van der Waals surface area contributed by atoms with Crippen LogP contribution >= 0.6 is 0 Å². The van der Waals surface area contributed by atoms with Crippen molar-refractivity contribution in [2.75, 3.05) is 0 Å². The summed E-state index contributed by atoms with van der Waals surface area (Å²) >= 11 is 0. The molecule has 0 spiro atoms. The van der Waals surface area contributed by atoms with Crippen LogP contribution in [0.3, 0.4) is 0 Å². The molecule has 5 rings (SSSR count). The minimum absolute atomic E-state index is 0.394. The first-order valence-electron chi connectivity index (χ1n) is 8.98. The van der Waals surface area contributed by atoms with Gasteiger partial charge in [0.05, 0.1) is 21.9 Å². The molecular weight excluding hydrogens is 344 g/mol. The molecule has 5 heteroatoms. The lowest BCUT2D eigenvalue weighted by atomic mass is 9.85. The first-order valence-corrected chi connectivity index (χ1v) is 8.98. The fourth-order valence-electron chi connectivity index (χ4n) is 3.92. The van der Waals surface area contributed by atoms with E-state index in [9.17, 15) is 9.59 Å². The molecule has 5 nitrogen and oxygen atoms in total. The molecular formula is C22H16O5. The topological polar surface area (TPSA) is 69.7 Å². The Balaban J connectivity index is 1.93. The van der Waals surface area contributed by atoms with Crippen LogP contribution in [0, 0.1) is 0 Å². The van der Waals surface area contributed by atoms with Gasteiger partial charge in [0, 0.05) is 5.92 Å². The zero-order chi connectivity index (χ0) is 18.5. The normalized spacial score (nSPS) is 13.4. The average Bonchev–Trinajstić information content (AvgIpc) is 2.68. The number of benzene rings is 2. The van der Waals surface area contributed by atoms with Crippen LogP contribution in [0.25, 0.3) is 21.9 Å². The number of hydrogen-bond acceptors (Lipinski definition) is 5. The Morgan fingerprint density at radius 2 is 1.26 bits per heavy atom. The second-order valence-electron chi connectivity index (χ2n) is 6.70. The van der Waals surface area contributed by atoms with E-state index in [1.54, 1.807) is 12.1 Å². The lowest BCUT2D eigenvalue weighted by Crippen LogP contribution is -2.25. The molecule has 0 amide bonds. The molecule has 2 aromatic heterocycles. The van der Waals surface area contributed by atoms with Crippen LogP contribution in [0.4, 0.5) is 0 Å². The zero-order valence-corrected chi connectivity index (χ0v) is 14.7. The maximum absolute atomic E-state index is 12.8. The van der Waals surface area contributed by atoms with Gasteiger partial charge in [-0.1, -0.05) is 37.6 Å². The molecule has 1 aliphatic heterocycles. The lowest BCUT2D eigenvalue weighted by Gasteiger charge is -2.27. The molecule has 0 saturated heterocycles. The second kappa shape index (κ2) is 5.84. The minimum atomic E-state index is -0.472. The first-order chi connectivity index (χ1) is 13.2. The van der Waals surface area contributed by atoms with Gasteiger partial charge < -0.3 is 13.6 Å². The number of ether oxygens (including phenoxy) is 1. The largest absolute Gasteiger partial charge is 0.455 e. The highest BCUT2D eigenvalue weighted by atomic mass is 16.5. The summed E-state index contributed by atoms with van der Waals surface area (Å²) in [4.78, 5) is 25.5. The highest BCUT2D eigenvalue weighted by molar-refractivity contribution is 5.90. The molecule has 1 aliphatic rings. The van der Waals surface area contributed by atoms with Crippen molar-refractivity contribution in [1.82, 2.24) is 0 Å². The predicted octanol–water partition coefficient (Wildman–Crippen LogP) is 4.94. The van der Waals surface area contributed by atoms with Gasteiger partial charge in [0.15, 0.2) is 0 Å². The molecule has 0 unspecified atom stereocenters. The number of hydrogen-bond donors (Lipinski definition) is 0. The van der Waals surface area contributed by atoms with Crippen LogP contribution in [0.5, 0.6) is 11.5 Å². The zero-order valence-electron chi connectivity index (χ0n) is 14.7. The maximum atomic E-state index is 12.8. The highest BCUT2D eigenvalue weighted by Gasteiger charge is 2.36. The third-order valence-corrected chi connectivity index (χ3v) is 5.08. The Bertz CT molecular complexity index is 1210. The summed E-state index contributed by atoms with van der Waals surface area (Å²) in [6.07, 6.45) is 1.41. The number of para-hydroxylation sites is 2. The summed E-state index contributed by atoms with van der Waals surface area (Å²) in [6, 6.07) is 14.5. The van der Waals surface area contributed by atoms with Gasteiger partial charge in [0.25, 0.3) is 0 Å². The van der Waals surface area contributed by atoms with Crippen molar-refractivity contribution >= 4 is 21.9 Å². The fraction of sp³-hybridized carbons (Fsp3) is 0.182. The standard InChI is InChI=1S/C22H16O5/c1-2-7-14-17-19(12-8-3-5-10-15(12)25-21(17)23)27-20-13-9-4-6-11-16(13)26-22(24)18(14)20/h3-6,8-11,14H,2,7H2,1H3. The average molecular weight is 360 g/mol. The van der Waals surface area contributed by atoms with Gasteiger partial charge in [-0.3, -0.25) is 0 Å². The Kier molecular flexibility index (Phi) is 3.44. The molecule has 0 atom stereocenters. The van der Waals surface area contributed by atoms with Gasteiger partial charge in [0.1, 0.15) is 22.7 Å². The van der Waals surface area contributed by atoms with Crippen LogP contribution < -0.4 is 16.0 Å². The van der Waals surface area contributed by atoms with Gasteiger partial charge in [-0.05, 0) is 30.7 Å². The molecule has 0 bridgehead atoms. The molecule has 0 N–H and O–H groups in total. The van der Waals surface area contributed by atoms with Gasteiger partial charge >= 0.3 is 11.3 Å². The van der Waals surface area contributed by atoms with E-state index in [0.717, 1.165) is 17.2 Å². The summed E-state index contributed by atoms with van der Waals surface area (Å²) < 4.78 is 17.2. The predicted molar refractivity (Wildman–Crippen MR) is 102 cm³/mol. The van der Waals surface area contributed by atoms with Crippen molar-refractivity contribution < 1.29 is 13.6 Å². The van der Waals surface area contributed by atoms with Crippen molar-refractivity contribution in [1.29, 1.82) is 0 Å². The minimum Gasteiger partial charge on any atom is -0.455 e. The van der Waals surface area contributed by atoms with Crippen LogP contribution in [-0.4, -0.2) is 0 Å². The van der Waals surface area contributed by atoms with E-state index in [0.29, 0.717) is 40.2 Å². The molecule has 134 valence electrons. The van der Waals surface area contributed by atoms with E-state index < -0.39 is 17.2 Å². The van der Waals surface area contributed by atoms with Gasteiger partial charge in [-0.2, -0.15) is 0 Å². The highest BCUT2D eigenvalue weighted by Crippen LogP contribution is 2.48. The summed E-state index contributed by atoms with van der Waals surface area (Å²) in [7, 11) is 0. The van der Waals surface area contributed by atoms with Crippen molar-refractivity contribution in [3.05, 3.63) is 80.5 Å². The molecule has 2 aromatic carbocycles. The van der Waals surface area contributed by atoms with E-state index in [2.05, 4.69) is 0 Å². The van der Waals surface area contributed by atoms with Gasteiger partial charge in [-0.25, -0.2) is 9.59 Å². The van der Waals surface area contributed by atoms with Gasteiger partial charge in [0.2, 0.25) is 0 Å². The number of fused-ring (bicyclic) bond motifs is 6. The van der Waals surface area contributed by atoms with Crippen molar-refractivity contribution in [3.8, 4) is 11.5 Å². The molecule has 27 heavy (non-hydrogen) atoms. The fourth-order valence-corrected chi connectivity index (χ4v) is 3.92. The van der Waals surface area contributed by atoms with Crippen molar-refractivity contribution in [2.24, 2.45) is 0 Å². The van der Waals surface area contributed by atoms with Gasteiger partial charge in [-0.15, -0.1) is 0 Å². The van der Waals surface area contributed by atoms with Crippen LogP contribution in [-0.2, 0) is 0 Å². The molecule has 0 saturated carbocycles. The summed E-state index contributed by atoms with van der Waals surface area (Å²) in [5.41, 5.74) is 0.774. The Hall–Kier alpha value is -3.34. The Labute approximate surface area is 153 Å². The maximum Gasteiger partial charge on any atom is 0.343 e. The van der Waals surface area contributed by atoms with E-state index in [-0.39, 0.29) is 0 Å². The molecule has 0 aliphatic carbocycles. The van der Waals surface area contributed by atoms with Crippen LogP contribution in [0.15, 0.2) is 67.0 Å². The van der Waals surface area contributed by atoms with Crippen molar-refractivity contribution in [3.63, 3.8) is 0 Å². The third-order valence-electron chi connectivity index (χ3n) is 5.08. The number of rotatable bonds is 2. The van der Waals surface area contributed by atoms with E-state index >= 15 is 0 Å². The van der Waals surface area contributed by atoms with Crippen LogP contribution in [0.2, 0.25) is 0 Å². The Morgan fingerprint density at radius 3 is 1.74 bits per heavy atom. The summed E-state index contributed by atoms with van der Waals surface area (Å²) in [5.74, 6) is 0.530. The summed E-state index contributed by atoms with van der Waals surface area (Å²) in [6.45, 7) is 2.01. The SMILES string of the molecule is CCCC1c2c(c3ccccc3oc2=O)Oc2c1c(=O)oc1ccccc21.